The maximum absolute atomic E-state index is 13.8. The second-order valence-corrected chi connectivity index (χ2v) is 8.85. The van der Waals surface area contributed by atoms with Gasteiger partial charge < -0.3 is 14.2 Å². The van der Waals surface area contributed by atoms with Gasteiger partial charge in [-0.15, -0.1) is 0 Å². The molecule has 3 rings (SSSR count). The van der Waals surface area contributed by atoms with Gasteiger partial charge in [0.1, 0.15) is 18.2 Å². The Kier molecular flexibility index (Phi) is 8.79. The molecular formula is C22H29FN2O5S. The average molecular weight is 453 g/mol. The lowest BCUT2D eigenvalue weighted by molar-refractivity contribution is 0.0171. The Morgan fingerprint density at radius 3 is 2.55 bits per heavy atom. The van der Waals surface area contributed by atoms with E-state index in [1.807, 2.05) is 13.0 Å². The first-order valence-corrected chi connectivity index (χ1v) is 11.9. The van der Waals surface area contributed by atoms with Crippen molar-refractivity contribution in [2.75, 3.05) is 52.7 Å². The first-order chi connectivity index (χ1) is 15.0. The fraction of sp³-hybridized carbons (Fsp3) is 0.455. The summed E-state index contributed by atoms with van der Waals surface area (Å²) in [5.41, 5.74) is 0.725. The van der Waals surface area contributed by atoms with E-state index in [0.717, 1.165) is 5.56 Å². The van der Waals surface area contributed by atoms with Crippen LogP contribution in [0.25, 0.3) is 0 Å². The number of morpholine rings is 1. The van der Waals surface area contributed by atoms with E-state index in [2.05, 4.69) is 9.62 Å². The number of halogens is 1. The van der Waals surface area contributed by atoms with E-state index < -0.39 is 10.0 Å². The summed E-state index contributed by atoms with van der Waals surface area (Å²) in [6.45, 7) is 5.93. The lowest BCUT2D eigenvalue weighted by Gasteiger charge is -2.34. The van der Waals surface area contributed by atoms with E-state index in [1.165, 1.54) is 24.3 Å². The highest BCUT2D eigenvalue weighted by Crippen LogP contribution is 2.23. The predicted molar refractivity (Wildman–Crippen MR) is 115 cm³/mol. The van der Waals surface area contributed by atoms with Gasteiger partial charge in [0.15, 0.2) is 0 Å². The normalized spacial score (nSPS) is 16.2. The van der Waals surface area contributed by atoms with Crippen LogP contribution in [0.5, 0.6) is 5.75 Å². The molecule has 1 saturated heterocycles. The molecule has 2 aromatic rings. The van der Waals surface area contributed by atoms with Crippen molar-refractivity contribution in [1.29, 1.82) is 0 Å². The lowest BCUT2D eigenvalue weighted by atomic mass is 10.0. The summed E-state index contributed by atoms with van der Waals surface area (Å²) in [4.78, 5) is 2.25. The molecule has 2 aromatic carbocycles. The van der Waals surface area contributed by atoms with Gasteiger partial charge in [-0.05, 0) is 48.9 Å². The molecule has 9 heteroatoms. The molecule has 1 heterocycles. The van der Waals surface area contributed by atoms with Crippen molar-refractivity contribution in [3.05, 3.63) is 59.9 Å². The summed E-state index contributed by atoms with van der Waals surface area (Å²) in [7, 11) is -3.74. The molecule has 0 saturated carbocycles. The van der Waals surface area contributed by atoms with Gasteiger partial charge in [-0.25, -0.2) is 17.5 Å². The minimum Gasteiger partial charge on any atom is -0.491 e. The monoisotopic (exact) mass is 452 g/mol. The first kappa shape index (κ1) is 23.6. The number of ether oxygens (including phenoxy) is 3. The molecule has 1 N–H and O–H groups in total. The number of hydrogen-bond donors (Lipinski definition) is 1. The van der Waals surface area contributed by atoms with Crippen LogP contribution >= 0.6 is 0 Å². The van der Waals surface area contributed by atoms with Gasteiger partial charge >= 0.3 is 0 Å². The molecule has 1 aliphatic heterocycles. The molecule has 0 radical (unpaired) electrons. The lowest BCUT2D eigenvalue weighted by Crippen LogP contribution is -2.43. The molecule has 0 amide bonds. The largest absolute Gasteiger partial charge is 0.491 e. The van der Waals surface area contributed by atoms with Crippen molar-refractivity contribution in [3.8, 4) is 5.75 Å². The molecular weight excluding hydrogens is 423 g/mol. The first-order valence-electron chi connectivity index (χ1n) is 10.4. The van der Waals surface area contributed by atoms with Crippen molar-refractivity contribution in [2.45, 2.75) is 17.9 Å². The molecule has 0 aliphatic carbocycles. The summed E-state index contributed by atoms with van der Waals surface area (Å²) in [6.07, 6.45) is 0. The fourth-order valence-corrected chi connectivity index (χ4v) is 4.45. The number of benzene rings is 2. The molecule has 0 aromatic heterocycles. The average Bonchev–Trinajstić information content (AvgIpc) is 2.78. The molecule has 1 atom stereocenters. The second kappa shape index (κ2) is 11.5. The number of nitrogens with one attached hydrogen (secondary N) is 1. The fourth-order valence-electron chi connectivity index (χ4n) is 3.41. The Hall–Kier alpha value is -2.04. The quantitative estimate of drug-likeness (QED) is 0.528. The highest BCUT2D eigenvalue weighted by atomic mass is 32.2. The maximum Gasteiger partial charge on any atom is 0.240 e. The molecule has 7 nitrogen and oxygen atoms in total. The Bertz CT molecular complexity index is 918. The molecule has 31 heavy (non-hydrogen) atoms. The van der Waals surface area contributed by atoms with E-state index >= 15 is 0 Å². The summed E-state index contributed by atoms with van der Waals surface area (Å²) in [5.74, 6) is 0.225. The summed E-state index contributed by atoms with van der Waals surface area (Å²) >= 11 is 0. The zero-order valence-electron chi connectivity index (χ0n) is 17.6. The highest BCUT2D eigenvalue weighted by Gasteiger charge is 2.25. The van der Waals surface area contributed by atoms with Crippen molar-refractivity contribution in [2.24, 2.45) is 0 Å². The van der Waals surface area contributed by atoms with E-state index in [1.54, 1.807) is 18.2 Å². The van der Waals surface area contributed by atoms with Crippen LogP contribution < -0.4 is 9.46 Å². The predicted octanol–water partition coefficient (Wildman–Crippen LogP) is 2.59. The van der Waals surface area contributed by atoms with Crippen LogP contribution in [0.15, 0.2) is 53.4 Å². The molecule has 1 fully saturated rings. The van der Waals surface area contributed by atoms with Gasteiger partial charge in [-0.3, -0.25) is 4.90 Å². The third-order valence-corrected chi connectivity index (χ3v) is 6.46. The zero-order valence-corrected chi connectivity index (χ0v) is 18.4. The van der Waals surface area contributed by atoms with Gasteiger partial charge in [0.05, 0.1) is 24.7 Å². The van der Waals surface area contributed by atoms with E-state index in [9.17, 15) is 12.8 Å². The molecule has 0 spiro atoms. The van der Waals surface area contributed by atoms with Crippen molar-refractivity contribution in [1.82, 2.24) is 9.62 Å². The van der Waals surface area contributed by atoms with Gasteiger partial charge in [-0.2, -0.15) is 0 Å². The number of hydrogen-bond acceptors (Lipinski definition) is 6. The van der Waals surface area contributed by atoms with Crippen molar-refractivity contribution < 1.29 is 27.0 Å². The zero-order chi connectivity index (χ0) is 22.1. The minimum absolute atomic E-state index is 0.123. The second-order valence-electron chi connectivity index (χ2n) is 7.09. The van der Waals surface area contributed by atoms with Crippen LogP contribution in [-0.4, -0.2) is 66.0 Å². The topological polar surface area (TPSA) is 77.1 Å². The van der Waals surface area contributed by atoms with Gasteiger partial charge in [-0.1, -0.05) is 12.1 Å². The highest BCUT2D eigenvalue weighted by molar-refractivity contribution is 7.89. The summed E-state index contributed by atoms with van der Waals surface area (Å²) in [6, 6.07) is 12.2. The summed E-state index contributed by atoms with van der Waals surface area (Å²) in [5, 5.41) is 0. The van der Waals surface area contributed by atoms with Crippen LogP contribution in [0, 0.1) is 5.82 Å². The third-order valence-electron chi connectivity index (χ3n) is 5.02. The van der Waals surface area contributed by atoms with Gasteiger partial charge in [0, 0.05) is 32.3 Å². The number of rotatable bonds is 11. The number of nitrogens with zero attached hydrogens (tertiary/aromatic N) is 1. The van der Waals surface area contributed by atoms with Crippen molar-refractivity contribution in [3.63, 3.8) is 0 Å². The Labute approximate surface area is 183 Å². The van der Waals surface area contributed by atoms with Gasteiger partial charge in [0.2, 0.25) is 10.0 Å². The molecule has 1 aliphatic rings. The van der Waals surface area contributed by atoms with Crippen LogP contribution in [0.1, 0.15) is 18.5 Å². The minimum atomic E-state index is -3.74. The van der Waals surface area contributed by atoms with Crippen LogP contribution in [0.3, 0.4) is 0 Å². The van der Waals surface area contributed by atoms with Gasteiger partial charge in [0.25, 0.3) is 0 Å². The SMILES string of the molecule is CCOCCOc1ccc(S(=O)(=O)NCC(c2cccc(F)c2)N2CCOCC2)cc1. The third kappa shape index (κ3) is 6.98. The van der Waals surface area contributed by atoms with Crippen LogP contribution in [-0.2, 0) is 19.5 Å². The maximum atomic E-state index is 13.8. The van der Waals surface area contributed by atoms with Crippen LogP contribution in [0.4, 0.5) is 4.39 Å². The Balaban J connectivity index is 1.67. The number of sulfonamides is 1. The molecule has 170 valence electrons. The van der Waals surface area contributed by atoms with E-state index in [-0.39, 0.29) is 23.3 Å². The summed E-state index contributed by atoms with van der Waals surface area (Å²) < 4.78 is 58.3. The Morgan fingerprint density at radius 2 is 1.87 bits per heavy atom. The molecule has 1 unspecified atom stereocenters. The van der Waals surface area contributed by atoms with Crippen molar-refractivity contribution >= 4 is 10.0 Å². The Morgan fingerprint density at radius 1 is 1.13 bits per heavy atom. The van der Waals surface area contributed by atoms with E-state index in [4.69, 9.17) is 14.2 Å². The smallest absolute Gasteiger partial charge is 0.240 e. The van der Waals surface area contributed by atoms with Crippen LogP contribution in [0.2, 0.25) is 0 Å². The standard InChI is InChI=1S/C22H29FN2O5S/c1-2-28-14-15-30-20-6-8-21(9-7-20)31(26,27)24-17-22(25-10-12-29-13-11-25)18-4-3-5-19(23)16-18/h3-9,16,22,24H,2,10-15,17H2,1H3. The van der Waals surface area contributed by atoms with E-state index in [0.29, 0.717) is 51.9 Å². The molecule has 0 bridgehead atoms.